The topological polar surface area (TPSA) is 194 Å². The number of amides is 1. The van der Waals surface area contributed by atoms with Gasteiger partial charge in [0.15, 0.2) is 11.4 Å². The minimum absolute atomic E-state index is 0.00164. The molecule has 0 aliphatic carbocycles. The molecular formula is C18H23N10O5+. The van der Waals surface area contributed by atoms with E-state index in [-0.39, 0.29) is 28.8 Å². The van der Waals surface area contributed by atoms with E-state index in [1.807, 2.05) is 13.8 Å². The molecule has 3 rings (SSSR count). The number of carbonyl (C=O) groups excluding carboxylic acids is 1. The summed E-state index contributed by atoms with van der Waals surface area (Å²) in [6, 6.07) is 4.28. The van der Waals surface area contributed by atoms with Crippen LogP contribution in [-0.4, -0.2) is 62.6 Å². The van der Waals surface area contributed by atoms with Gasteiger partial charge in [0, 0.05) is 11.6 Å². The van der Waals surface area contributed by atoms with Gasteiger partial charge in [0.2, 0.25) is 11.6 Å². The number of hydrogen-bond acceptors (Lipinski definition) is 11. The smallest absolute Gasteiger partial charge is 0.311 e. The van der Waals surface area contributed by atoms with Gasteiger partial charge < -0.3 is 15.4 Å². The van der Waals surface area contributed by atoms with Crippen LogP contribution in [0.5, 0.6) is 5.75 Å². The molecule has 0 saturated heterocycles. The van der Waals surface area contributed by atoms with E-state index in [1.165, 1.54) is 30.1 Å². The van der Waals surface area contributed by atoms with Crippen LogP contribution in [0.2, 0.25) is 0 Å². The lowest BCUT2D eigenvalue weighted by atomic mass is 10.2. The molecule has 174 valence electrons. The molecule has 0 radical (unpaired) electrons. The molecule has 15 heteroatoms. The third-order valence-electron chi connectivity index (χ3n) is 4.87. The number of hydrogen-bond donors (Lipinski definition) is 3. The molecule has 0 fully saturated rings. The van der Waals surface area contributed by atoms with E-state index in [2.05, 4.69) is 35.8 Å². The lowest BCUT2D eigenvalue weighted by Crippen LogP contribution is -3.10. The third kappa shape index (κ3) is 5.09. The average molecular weight is 459 g/mol. The number of ether oxygens (including phenoxy) is 1. The van der Waals surface area contributed by atoms with Crippen LogP contribution in [0.25, 0.3) is 5.82 Å². The Morgan fingerprint density at radius 1 is 1.39 bits per heavy atom. The van der Waals surface area contributed by atoms with Crippen LogP contribution in [0.4, 0.5) is 11.5 Å². The summed E-state index contributed by atoms with van der Waals surface area (Å²) in [6.07, 6.45) is 1.27. The highest BCUT2D eigenvalue weighted by Crippen LogP contribution is 2.26. The number of aromatic nitrogens is 5. The normalized spacial score (nSPS) is 11.3. The molecule has 1 amide bonds. The fourth-order valence-corrected chi connectivity index (χ4v) is 3.03. The number of quaternary nitrogens is 1. The number of nitro benzene ring substituents is 1. The van der Waals surface area contributed by atoms with Crippen LogP contribution in [0, 0.1) is 10.1 Å². The first-order valence-corrected chi connectivity index (χ1v) is 9.91. The lowest BCUT2D eigenvalue weighted by Gasteiger charge is -2.15. The maximum atomic E-state index is 12.8. The second-order valence-electron chi connectivity index (χ2n) is 6.79. The zero-order chi connectivity index (χ0) is 24.0. The average Bonchev–Trinajstić information content (AvgIpc) is 3.42. The minimum atomic E-state index is -0.628. The van der Waals surface area contributed by atoms with E-state index in [4.69, 9.17) is 10.5 Å². The van der Waals surface area contributed by atoms with Gasteiger partial charge in [-0.2, -0.15) is 9.78 Å². The van der Waals surface area contributed by atoms with Gasteiger partial charge in [-0.15, -0.1) is 5.10 Å². The number of methoxy groups -OCH3 is 1. The summed E-state index contributed by atoms with van der Waals surface area (Å²) in [4.78, 5) is 24.5. The van der Waals surface area contributed by atoms with Crippen LogP contribution in [0.1, 0.15) is 35.6 Å². The monoisotopic (exact) mass is 459 g/mol. The zero-order valence-corrected chi connectivity index (χ0v) is 18.2. The molecule has 4 N–H and O–H groups in total. The molecule has 1 aromatic carbocycles. The second kappa shape index (κ2) is 10.3. The summed E-state index contributed by atoms with van der Waals surface area (Å²) >= 11 is 0. The largest absolute Gasteiger partial charge is 0.490 e. The van der Waals surface area contributed by atoms with Gasteiger partial charge in [0.05, 0.1) is 31.3 Å². The number of nitrogens with two attached hydrogens (primary N) is 1. The summed E-state index contributed by atoms with van der Waals surface area (Å²) in [5, 5.41) is 30.3. The van der Waals surface area contributed by atoms with E-state index in [1.54, 1.807) is 6.07 Å². The molecule has 0 unspecified atom stereocenters. The number of hydrazone groups is 1. The number of anilines is 1. The van der Waals surface area contributed by atoms with Crippen molar-refractivity contribution in [2.75, 3.05) is 25.9 Å². The maximum absolute atomic E-state index is 12.8. The maximum Gasteiger partial charge on any atom is 0.311 e. The third-order valence-corrected chi connectivity index (χ3v) is 4.87. The Kier molecular flexibility index (Phi) is 7.24. The van der Waals surface area contributed by atoms with Crippen molar-refractivity contribution in [3.63, 3.8) is 0 Å². The van der Waals surface area contributed by atoms with Crippen molar-refractivity contribution < 1.29 is 24.0 Å². The summed E-state index contributed by atoms with van der Waals surface area (Å²) < 4.78 is 10.9. The van der Waals surface area contributed by atoms with E-state index in [9.17, 15) is 14.9 Å². The van der Waals surface area contributed by atoms with Crippen molar-refractivity contribution in [2.24, 2.45) is 5.10 Å². The van der Waals surface area contributed by atoms with Crippen LogP contribution in [-0.2, 0) is 6.54 Å². The minimum Gasteiger partial charge on any atom is -0.490 e. The summed E-state index contributed by atoms with van der Waals surface area (Å²) in [7, 11) is 1.34. The molecular weight excluding hydrogens is 436 g/mol. The van der Waals surface area contributed by atoms with Gasteiger partial charge in [-0.05, 0) is 36.3 Å². The molecule has 0 bridgehead atoms. The van der Waals surface area contributed by atoms with Crippen molar-refractivity contribution >= 4 is 23.6 Å². The van der Waals surface area contributed by atoms with Crippen LogP contribution in [0.3, 0.4) is 0 Å². The number of carbonyl (C=O) groups is 1. The lowest BCUT2D eigenvalue weighted by molar-refractivity contribution is -0.910. The summed E-state index contributed by atoms with van der Waals surface area (Å²) in [5.74, 6) is -0.390. The number of rotatable bonds is 10. The first kappa shape index (κ1) is 23.3. The molecule has 15 nitrogen and oxygen atoms in total. The molecule has 0 aliphatic rings. The number of nitrogens with one attached hydrogen (secondary N) is 2. The molecule has 2 heterocycles. The molecule has 0 saturated carbocycles. The van der Waals surface area contributed by atoms with Crippen LogP contribution in [0.15, 0.2) is 27.9 Å². The van der Waals surface area contributed by atoms with Crippen molar-refractivity contribution in [1.29, 1.82) is 0 Å². The summed E-state index contributed by atoms with van der Waals surface area (Å²) in [5.41, 5.74) is 8.78. The van der Waals surface area contributed by atoms with Crippen LogP contribution >= 0.6 is 0 Å². The number of nitrogen functional groups attached to an aromatic ring is 1. The fraction of sp³-hybridized carbons (Fsp3) is 0.333. The van der Waals surface area contributed by atoms with Gasteiger partial charge in [0.1, 0.15) is 12.2 Å². The Morgan fingerprint density at radius 3 is 2.76 bits per heavy atom. The molecule has 2 aromatic heterocycles. The Hall–Kier alpha value is -4.40. The predicted octanol–water partition coefficient (Wildman–Crippen LogP) is -0.662. The number of benzene rings is 1. The standard InChI is InChI=1S/C18H22N10O5/c1-4-26(5-2)10-13-15(21-25-27(13)17-16(19)23-33-24-17)18(29)22-20-9-11-6-7-14(32-3)12(8-11)28(30)31/h6-9H,4-5,10H2,1-3H3,(H2,19,23)(H,22,29)/p+1/b20-9-. The fourth-order valence-electron chi connectivity index (χ4n) is 3.03. The summed E-state index contributed by atoms with van der Waals surface area (Å²) in [6.45, 7) is 6.02. The first-order chi connectivity index (χ1) is 15.9. The van der Waals surface area contributed by atoms with Crippen molar-refractivity contribution in [3.8, 4) is 11.6 Å². The Bertz CT molecular complexity index is 1170. The quantitative estimate of drug-likeness (QED) is 0.199. The molecule has 33 heavy (non-hydrogen) atoms. The highest BCUT2D eigenvalue weighted by atomic mass is 16.6. The Labute approximate surface area is 187 Å². The first-order valence-electron chi connectivity index (χ1n) is 9.91. The van der Waals surface area contributed by atoms with E-state index in [0.717, 1.165) is 18.0 Å². The van der Waals surface area contributed by atoms with Crippen LogP contribution < -0.4 is 20.8 Å². The van der Waals surface area contributed by atoms with E-state index in [0.29, 0.717) is 17.8 Å². The molecule has 0 spiro atoms. The number of nitrogens with zero attached hydrogens (tertiary/aromatic N) is 7. The Balaban J connectivity index is 1.85. The van der Waals surface area contributed by atoms with Crippen molar-refractivity contribution in [1.82, 2.24) is 30.7 Å². The van der Waals surface area contributed by atoms with E-state index < -0.39 is 10.8 Å². The molecule has 0 atom stereocenters. The SMILES string of the molecule is CC[NH+](CC)Cc1c(C(=O)N/N=C\c2ccc(OC)c([N+](=O)[O-])c2)nnn1-c1nonc1N. The predicted molar refractivity (Wildman–Crippen MR) is 114 cm³/mol. The van der Waals surface area contributed by atoms with Crippen molar-refractivity contribution in [3.05, 3.63) is 45.3 Å². The molecule has 0 aliphatic heterocycles. The van der Waals surface area contributed by atoms with Gasteiger partial charge in [-0.1, -0.05) is 5.21 Å². The van der Waals surface area contributed by atoms with E-state index >= 15 is 0 Å². The Morgan fingerprint density at radius 2 is 2.15 bits per heavy atom. The molecule has 3 aromatic rings. The highest BCUT2D eigenvalue weighted by Gasteiger charge is 2.26. The second-order valence-corrected chi connectivity index (χ2v) is 6.79. The van der Waals surface area contributed by atoms with Crippen molar-refractivity contribution in [2.45, 2.75) is 20.4 Å². The van der Waals surface area contributed by atoms with Gasteiger partial charge in [-0.25, -0.2) is 10.1 Å². The highest BCUT2D eigenvalue weighted by molar-refractivity contribution is 5.94. The van der Waals surface area contributed by atoms with Gasteiger partial charge in [0.25, 0.3) is 5.91 Å². The van der Waals surface area contributed by atoms with Gasteiger partial charge in [-0.3, -0.25) is 14.9 Å². The zero-order valence-electron chi connectivity index (χ0n) is 18.2. The van der Waals surface area contributed by atoms with Gasteiger partial charge >= 0.3 is 5.69 Å². The number of nitro groups is 1.